The molecule has 0 N–H and O–H groups in total. The van der Waals surface area contributed by atoms with E-state index in [4.69, 9.17) is 30.5 Å². The van der Waals surface area contributed by atoms with Crippen LogP contribution in [-0.4, -0.2) is 31.9 Å². The lowest BCUT2D eigenvalue weighted by molar-refractivity contribution is -0.136. The Bertz CT molecular complexity index is 2160. The van der Waals surface area contributed by atoms with Gasteiger partial charge in [0.05, 0.1) is 37.1 Å². The van der Waals surface area contributed by atoms with Crippen LogP contribution in [0, 0.1) is 0 Å². The standard InChI is InChI=1S/C35H29ClN2O6S/c1-20-31(34(40)43-4)32(26-18-24(36)13-15-27(26)41-2)38-33(39)30(45-35(38)37-20)17-21-12-14-28(29(16-21)42-3)44-19-23-10-7-9-22-8-5-6-11-25(22)23/h5-18,32H,19H2,1-4H3/b30-17-/t32-/m0/s1. The number of thiazole rings is 1. The molecule has 10 heteroatoms. The lowest BCUT2D eigenvalue weighted by Crippen LogP contribution is -2.40. The summed E-state index contributed by atoms with van der Waals surface area (Å²) in [6, 6.07) is 24.0. The van der Waals surface area contributed by atoms with Crippen LogP contribution in [0.3, 0.4) is 0 Å². The number of aromatic nitrogens is 1. The molecule has 0 spiro atoms. The van der Waals surface area contributed by atoms with E-state index in [0.29, 0.717) is 49.5 Å². The van der Waals surface area contributed by atoms with Crippen LogP contribution in [0.2, 0.25) is 5.02 Å². The third kappa shape index (κ3) is 5.72. The van der Waals surface area contributed by atoms with E-state index in [1.807, 2.05) is 42.5 Å². The molecule has 0 unspecified atom stereocenters. The smallest absolute Gasteiger partial charge is 0.338 e. The first kappa shape index (κ1) is 30.2. The highest BCUT2D eigenvalue weighted by Gasteiger charge is 2.35. The molecule has 0 saturated carbocycles. The maximum Gasteiger partial charge on any atom is 0.338 e. The van der Waals surface area contributed by atoms with Crippen molar-refractivity contribution in [2.24, 2.45) is 4.99 Å². The molecule has 1 atom stereocenters. The van der Waals surface area contributed by atoms with E-state index in [1.54, 1.807) is 38.3 Å². The van der Waals surface area contributed by atoms with Crippen LogP contribution in [0.15, 0.2) is 99.9 Å². The molecule has 0 radical (unpaired) electrons. The van der Waals surface area contributed by atoms with Crippen LogP contribution in [-0.2, 0) is 16.1 Å². The zero-order valence-corrected chi connectivity index (χ0v) is 26.6. The van der Waals surface area contributed by atoms with Crippen molar-refractivity contribution < 1.29 is 23.7 Å². The molecule has 0 saturated heterocycles. The third-order valence-corrected chi connectivity index (χ3v) is 8.88. The molecule has 0 aliphatic carbocycles. The maximum absolute atomic E-state index is 14.0. The molecule has 0 bridgehead atoms. The molecular weight excluding hydrogens is 612 g/mol. The number of rotatable bonds is 8. The second kappa shape index (κ2) is 12.6. The second-order valence-electron chi connectivity index (χ2n) is 10.3. The van der Waals surface area contributed by atoms with Gasteiger partial charge >= 0.3 is 5.97 Å². The molecule has 1 aromatic heterocycles. The van der Waals surface area contributed by atoms with Gasteiger partial charge in [-0.15, -0.1) is 0 Å². The van der Waals surface area contributed by atoms with Crippen molar-refractivity contribution >= 4 is 45.8 Å². The topological polar surface area (TPSA) is 88.4 Å². The molecule has 228 valence electrons. The Morgan fingerprint density at radius 3 is 2.49 bits per heavy atom. The number of halogens is 1. The molecule has 1 aliphatic heterocycles. The minimum atomic E-state index is -0.858. The number of hydrogen-bond acceptors (Lipinski definition) is 8. The largest absolute Gasteiger partial charge is 0.496 e. The van der Waals surface area contributed by atoms with Crippen LogP contribution in [0.25, 0.3) is 16.8 Å². The van der Waals surface area contributed by atoms with Crippen molar-refractivity contribution in [1.29, 1.82) is 0 Å². The summed E-state index contributed by atoms with van der Waals surface area (Å²) in [5.41, 5.74) is 2.68. The highest BCUT2D eigenvalue weighted by molar-refractivity contribution is 7.07. The van der Waals surface area contributed by atoms with Crippen LogP contribution in [0.1, 0.15) is 29.7 Å². The lowest BCUT2D eigenvalue weighted by atomic mass is 9.95. The number of carbonyl (C=O) groups excluding carboxylic acids is 1. The van der Waals surface area contributed by atoms with Gasteiger partial charge in [0, 0.05) is 10.6 Å². The molecule has 4 aromatic carbocycles. The number of hydrogen-bond donors (Lipinski definition) is 0. The summed E-state index contributed by atoms with van der Waals surface area (Å²) >= 11 is 7.59. The first-order chi connectivity index (χ1) is 21.8. The van der Waals surface area contributed by atoms with Gasteiger partial charge in [0.15, 0.2) is 16.3 Å². The zero-order chi connectivity index (χ0) is 31.7. The number of allylic oxidation sites excluding steroid dienone is 1. The van der Waals surface area contributed by atoms with E-state index in [-0.39, 0.29) is 11.1 Å². The fraction of sp³-hybridized carbons (Fsp3) is 0.171. The van der Waals surface area contributed by atoms with Gasteiger partial charge in [-0.25, -0.2) is 9.79 Å². The summed E-state index contributed by atoms with van der Waals surface area (Å²) in [5.74, 6) is 0.984. The van der Waals surface area contributed by atoms with Gasteiger partial charge in [0.25, 0.3) is 5.56 Å². The first-order valence-corrected chi connectivity index (χ1v) is 15.2. The monoisotopic (exact) mass is 640 g/mol. The summed E-state index contributed by atoms with van der Waals surface area (Å²) in [4.78, 5) is 32.1. The summed E-state index contributed by atoms with van der Waals surface area (Å²) < 4.78 is 24.5. The van der Waals surface area contributed by atoms with E-state index in [9.17, 15) is 9.59 Å². The molecule has 45 heavy (non-hydrogen) atoms. The molecule has 5 aromatic rings. The number of esters is 1. The van der Waals surface area contributed by atoms with Crippen LogP contribution in [0.4, 0.5) is 0 Å². The highest BCUT2D eigenvalue weighted by Crippen LogP contribution is 2.37. The van der Waals surface area contributed by atoms with Crippen LogP contribution < -0.4 is 29.1 Å². The Morgan fingerprint density at radius 2 is 1.71 bits per heavy atom. The molecule has 1 aliphatic rings. The SMILES string of the molecule is COC(=O)C1=C(C)N=c2s/c(=C\c3ccc(OCc4cccc5ccccc45)c(OC)c3)c(=O)n2[C@H]1c1cc(Cl)ccc1OC. The average molecular weight is 641 g/mol. The summed E-state index contributed by atoms with van der Waals surface area (Å²) in [7, 11) is 4.39. The quantitative estimate of drug-likeness (QED) is 0.199. The van der Waals surface area contributed by atoms with Crippen molar-refractivity contribution in [2.45, 2.75) is 19.6 Å². The highest BCUT2D eigenvalue weighted by atomic mass is 35.5. The first-order valence-electron chi connectivity index (χ1n) is 14.0. The fourth-order valence-corrected chi connectivity index (χ4v) is 6.75. The van der Waals surface area contributed by atoms with Gasteiger partial charge in [0.2, 0.25) is 0 Å². The number of nitrogens with zero attached hydrogens (tertiary/aromatic N) is 2. The van der Waals surface area contributed by atoms with E-state index in [2.05, 4.69) is 23.2 Å². The number of ether oxygens (including phenoxy) is 4. The second-order valence-corrected chi connectivity index (χ2v) is 11.7. The van der Waals surface area contributed by atoms with Gasteiger partial charge in [0.1, 0.15) is 18.4 Å². The van der Waals surface area contributed by atoms with Crippen molar-refractivity contribution in [2.75, 3.05) is 21.3 Å². The minimum Gasteiger partial charge on any atom is -0.496 e. The van der Waals surface area contributed by atoms with Gasteiger partial charge in [-0.05, 0) is 65.2 Å². The Balaban J connectivity index is 1.39. The third-order valence-electron chi connectivity index (χ3n) is 7.66. The van der Waals surface area contributed by atoms with Gasteiger partial charge < -0.3 is 18.9 Å². The van der Waals surface area contributed by atoms with E-state index in [0.717, 1.165) is 21.9 Å². The molecule has 0 amide bonds. The summed E-state index contributed by atoms with van der Waals surface area (Å²) in [5, 5.41) is 2.71. The van der Waals surface area contributed by atoms with Crippen molar-refractivity contribution in [3.63, 3.8) is 0 Å². The summed E-state index contributed by atoms with van der Waals surface area (Å²) in [6.07, 6.45) is 1.77. The number of fused-ring (bicyclic) bond motifs is 2. The summed E-state index contributed by atoms with van der Waals surface area (Å²) in [6.45, 7) is 2.08. The van der Waals surface area contributed by atoms with Gasteiger partial charge in [-0.2, -0.15) is 0 Å². The van der Waals surface area contributed by atoms with E-state index in [1.165, 1.54) is 30.1 Å². The lowest BCUT2D eigenvalue weighted by Gasteiger charge is -2.25. The normalized spacial score (nSPS) is 14.6. The Hall–Kier alpha value is -4.86. The van der Waals surface area contributed by atoms with Crippen molar-refractivity contribution in [3.8, 4) is 17.2 Å². The average Bonchev–Trinajstić information content (AvgIpc) is 3.36. The molecule has 6 rings (SSSR count). The van der Waals surface area contributed by atoms with Crippen molar-refractivity contribution in [3.05, 3.63) is 132 Å². The Morgan fingerprint density at radius 1 is 0.956 bits per heavy atom. The Labute approximate surface area is 268 Å². The van der Waals surface area contributed by atoms with Gasteiger partial charge in [-0.3, -0.25) is 9.36 Å². The number of carbonyl (C=O) groups is 1. The predicted molar refractivity (Wildman–Crippen MR) is 175 cm³/mol. The van der Waals surface area contributed by atoms with E-state index < -0.39 is 12.0 Å². The predicted octanol–water partition coefficient (Wildman–Crippen LogP) is 5.81. The molecular formula is C35H29ClN2O6S. The number of benzene rings is 4. The fourth-order valence-electron chi connectivity index (χ4n) is 5.52. The van der Waals surface area contributed by atoms with Crippen LogP contribution >= 0.6 is 22.9 Å². The van der Waals surface area contributed by atoms with E-state index >= 15 is 0 Å². The minimum absolute atomic E-state index is 0.228. The molecule has 8 nitrogen and oxygen atoms in total. The molecule has 0 fully saturated rings. The maximum atomic E-state index is 14.0. The van der Waals surface area contributed by atoms with Crippen LogP contribution in [0.5, 0.6) is 17.2 Å². The van der Waals surface area contributed by atoms with Gasteiger partial charge in [-0.1, -0.05) is 71.5 Å². The number of methoxy groups -OCH3 is 3. The van der Waals surface area contributed by atoms with Crippen molar-refractivity contribution in [1.82, 2.24) is 4.57 Å². The molecule has 2 heterocycles. The Kier molecular flexibility index (Phi) is 8.47. The zero-order valence-electron chi connectivity index (χ0n) is 25.0.